The molecule has 13 heteroatoms. The van der Waals surface area contributed by atoms with Crippen LogP contribution in [0.1, 0.15) is 19.3 Å². The zero-order chi connectivity index (χ0) is 21.4. The van der Waals surface area contributed by atoms with E-state index in [2.05, 4.69) is 35.9 Å². The third-order valence-electron chi connectivity index (χ3n) is 4.16. The molecule has 0 saturated carbocycles. The lowest BCUT2D eigenvalue weighted by molar-refractivity contribution is -0.149. The number of hydrogen-bond donors (Lipinski definition) is 7. The van der Waals surface area contributed by atoms with E-state index in [0.717, 1.165) is 4.90 Å². The van der Waals surface area contributed by atoms with Crippen LogP contribution in [0.4, 0.5) is 0 Å². The average Bonchev–Trinajstić information content (AvgIpc) is 3.13. The van der Waals surface area contributed by atoms with Gasteiger partial charge in [0, 0.05) is 18.1 Å². The minimum absolute atomic E-state index is 0.0173. The molecule has 0 spiro atoms. The lowest BCUT2D eigenvalue weighted by Gasteiger charge is -2.27. The Morgan fingerprint density at radius 3 is 2.14 bits per heavy atom. The molecule has 0 aromatic rings. The maximum Gasteiger partial charge on any atom is 0.326 e. The van der Waals surface area contributed by atoms with Crippen LogP contribution in [0.25, 0.3) is 0 Å². The van der Waals surface area contributed by atoms with Gasteiger partial charge in [0.15, 0.2) is 0 Å². The summed E-state index contributed by atoms with van der Waals surface area (Å²) in [5.74, 6) is -4.98. The highest BCUT2D eigenvalue weighted by Crippen LogP contribution is 2.18. The first-order chi connectivity index (χ1) is 13.1. The summed E-state index contributed by atoms with van der Waals surface area (Å²) < 4.78 is 0. The number of nitrogens with two attached hydrogens (primary N) is 1. The molecular formula is C15H24N4O7S2. The van der Waals surface area contributed by atoms with Gasteiger partial charge in [-0.25, -0.2) is 4.79 Å². The molecule has 1 fully saturated rings. The summed E-state index contributed by atoms with van der Waals surface area (Å²) in [6.45, 7) is 0.224. The van der Waals surface area contributed by atoms with Crippen LogP contribution in [-0.4, -0.2) is 87.0 Å². The number of likely N-dealkylation sites (tertiary alicyclic amines) is 1. The van der Waals surface area contributed by atoms with E-state index < -0.39 is 60.2 Å². The number of rotatable bonds is 10. The van der Waals surface area contributed by atoms with Gasteiger partial charge in [-0.1, -0.05) is 0 Å². The van der Waals surface area contributed by atoms with E-state index in [-0.39, 0.29) is 18.1 Å². The topological polar surface area (TPSA) is 179 Å². The monoisotopic (exact) mass is 436 g/mol. The Morgan fingerprint density at radius 1 is 1.04 bits per heavy atom. The van der Waals surface area contributed by atoms with Gasteiger partial charge in [-0.05, 0) is 12.8 Å². The number of carboxylic acid groups (broad SMARTS) is 2. The third-order valence-corrected chi connectivity index (χ3v) is 4.92. The molecule has 3 amide bonds. The first-order valence-corrected chi connectivity index (χ1v) is 9.72. The minimum atomic E-state index is -1.47. The molecule has 6 N–H and O–H groups in total. The predicted octanol–water partition coefficient (Wildman–Crippen LogP) is -2.31. The smallest absolute Gasteiger partial charge is 0.326 e. The summed E-state index contributed by atoms with van der Waals surface area (Å²) in [5, 5.41) is 22.7. The molecule has 0 aromatic carbocycles. The fourth-order valence-corrected chi connectivity index (χ4v) is 3.10. The van der Waals surface area contributed by atoms with E-state index in [1.807, 2.05) is 0 Å². The number of carboxylic acids is 2. The SMILES string of the molecule is NC(CS)C(=O)NC(CC(=O)O)C(=O)NC(CS)C(=O)N1CCCC1C(=O)O. The van der Waals surface area contributed by atoms with E-state index in [9.17, 15) is 29.1 Å². The number of carbonyl (C=O) groups is 5. The molecule has 1 aliphatic rings. The van der Waals surface area contributed by atoms with Gasteiger partial charge in [0.05, 0.1) is 12.5 Å². The Morgan fingerprint density at radius 2 is 1.64 bits per heavy atom. The number of aliphatic carboxylic acids is 2. The van der Waals surface area contributed by atoms with Gasteiger partial charge < -0.3 is 31.5 Å². The molecule has 158 valence electrons. The van der Waals surface area contributed by atoms with Gasteiger partial charge in [-0.2, -0.15) is 25.3 Å². The quantitative estimate of drug-likeness (QED) is 0.187. The van der Waals surface area contributed by atoms with Crippen molar-refractivity contribution in [1.29, 1.82) is 0 Å². The van der Waals surface area contributed by atoms with Crippen LogP contribution in [-0.2, 0) is 24.0 Å². The van der Waals surface area contributed by atoms with E-state index in [0.29, 0.717) is 12.8 Å². The van der Waals surface area contributed by atoms with Crippen molar-refractivity contribution in [3.05, 3.63) is 0 Å². The molecule has 0 radical (unpaired) electrons. The number of nitrogens with one attached hydrogen (secondary N) is 2. The van der Waals surface area contributed by atoms with Crippen LogP contribution >= 0.6 is 25.3 Å². The highest BCUT2D eigenvalue weighted by molar-refractivity contribution is 7.80. The summed E-state index contributed by atoms with van der Waals surface area (Å²) in [6, 6.07) is -4.69. The van der Waals surface area contributed by atoms with E-state index in [1.165, 1.54) is 0 Å². The molecule has 0 aliphatic carbocycles. The zero-order valence-corrected chi connectivity index (χ0v) is 16.7. The lowest BCUT2D eigenvalue weighted by Crippen LogP contribution is -2.58. The molecule has 1 aliphatic heterocycles. The van der Waals surface area contributed by atoms with Crippen LogP contribution in [0.5, 0.6) is 0 Å². The first-order valence-electron chi connectivity index (χ1n) is 8.45. The molecule has 1 rings (SSSR count). The summed E-state index contributed by atoms with van der Waals surface area (Å²) in [4.78, 5) is 60.4. The second-order valence-electron chi connectivity index (χ2n) is 6.22. The maximum atomic E-state index is 12.6. The molecule has 1 saturated heterocycles. The fraction of sp³-hybridized carbons (Fsp3) is 0.667. The number of carbonyl (C=O) groups excluding carboxylic acids is 3. The number of hydrogen-bond acceptors (Lipinski definition) is 8. The molecular weight excluding hydrogens is 412 g/mol. The average molecular weight is 437 g/mol. The molecule has 1 heterocycles. The number of thiol groups is 2. The Hall–Kier alpha value is -1.99. The van der Waals surface area contributed by atoms with Crippen molar-refractivity contribution in [2.75, 3.05) is 18.1 Å². The third kappa shape index (κ3) is 6.56. The Labute approximate surface area is 172 Å². The Bertz CT molecular complexity index is 634. The number of amides is 3. The van der Waals surface area contributed by atoms with Crippen molar-refractivity contribution in [2.24, 2.45) is 5.73 Å². The van der Waals surface area contributed by atoms with Crippen molar-refractivity contribution in [2.45, 2.75) is 43.4 Å². The molecule has 0 aromatic heterocycles. The second kappa shape index (κ2) is 11.1. The minimum Gasteiger partial charge on any atom is -0.481 e. The van der Waals surface area contributed by atoms with Crippen LogP contribution in [0.3, 0.4) is 0 Å². The van der Waals surface area contributed by atoms with Gasteiger partial charge in [-0.15, -0.1) is 0 Å². The molecule has 0 bridgehead atoms. The highest BCUT2D eigenvalue weighted by Gasteiger charge is 2.38. The molecule has 4 atom stereocenters. The van der Waals surface area contributed by atoms with E-state index >= 15 is 0 Å². The first kappa shape index (κ1) is 24.0. The van der Waals surface area contributed by atoms with Gasteiger partial charge in [0.1, 0.15) is 18.1 Å². The van der Waals surface area contributed by atoms with Crippen molar-refractivity contribution < 1.29 is 34.2 Å². The summed E-state index contributed by atoms with van der Waals surface area (Å²) >= 11 is 7.88. The Kier molecular flexibility index (Phi) is 9.55. The van der Waals surface area contributed by atoms with Crippen molar-refractivity contribution in [3.63, 3.8) is 0 Å². The Balaban J connectivity index is 2.87. The fourth-order valence-electron chi connectivity index (χ4n) is 2.69. The van der Waals surface area contributed by atoms with Crippen molar-refractivity contribution in [1.82, 2.24) is 15.5 Å². The molecule has 11 nitrogen and oxygen atoms in total. The summed E-state index contributed by atoms with van der Waals surface area (Å²) in [7, 11) is 0. The summed E-state index contributed by atoms with van der Waals surface area (Å²) in [5.41, 5.74) is 5.50. The van der Waals surface area contributed by atoms with Crippen LogP contribution < -0.4 is 16.4 Å². The van der Waals surface area contributed by atoms with Crippen molar-refractivity contribution in [3.8, 4) is 0 Å². The zero-order valence-electron chi connectivity index (χ0n) is 14.9. The van der Waals surface area contributed by atoms with Crippen LogP contribution in [0.15, 0.2) is 0 Å². The lowest BCUT2D eigenvalue weighted by atomic mass is 10.1. The second-order valence-corrected chi connectivity index (χ2v) is 6.95. The molecule has 28 heavy (non-hydrogen) atoms. The largest absolute Gasteiger partial charge is 0.481 e. The van der Waals surface area contributed by atoms with Crippen LogP contribution in [0, 0.1) is 0 Å². The van der Waals surface area contributed by atoms with Gasteiger partial charge in [0.25, 0.3) is 0 Å². The van der Waals surface area contributed by atoms with Gasteiger partial charge >= 0.3 is 11.9 Å². The normalized spacial score (nSPS) is 19.4. The number of nitrogens with zero attached hydrogens (tertiary/aromatic N) is 1. The maximum absolute atomic E-state index is 12.6. The highest BCUT2D eigenvalue weighted by atomic mass is 32.1. The molecule has 4 unspecified atom stereocenters. The van der Waals surface area contributed by atoms with E-state index in [4.69, 9.17) is 10.8 Å². The summed E-state index contributed by atoms with van der Waals surface area (Å²) in [6.07, 6.45) is 0.0781. The van der Waals surface area contributed by atoms with E-state index in [1.54, 1.807) is 0 Å². The van der Waals surface area contributed by atoms with Crippen molar-refractivity contribution >= 4 is 54.9 Å². The van der Waals surface area contributed by atoms with Gasteiger partial charge in [0.2, 0.25) is 17.7 Å². The standard InChI is InChI=1S/C15H24N4O7S2/c16-7(5-27)12(22)17-8(4-11(20)21)13(23)18-9(6-28)14(24)19-3-1-2-10(19)15(25)26/h7-10,27-28H,1-6,16H2,(H,17,22)(H,18,23)(H,20,21)(H,25,26). The van der Waals surface area contributed by atoms with Gasteiger partial charge in [-0.3, -0.25) is 19.2 Å². The predicted molar refractivity (Wildman–Crippen MR) is 104 cm³/mol. The van der Waals surface area contributed by atoms with Crippen LogP contribution in [0.2, 0.25) is 0 Å².